The molecule has 2 aromatic heterocycles. The summed E-state index contributed by atoms with van der Waals surface area (Å²) < 4.78 is 8.05. The SMILES string of the molecule is c1ccc(-c2cc3cc(-c4c5ccccc5c(-c5ccccc5)c5ccccc45)c4oc5ccccc5c4c3s2)cc1. The predicted octanol–water partition coefficient (Wildman–Crippen LogP) is 12.1. The molecule has 2 heteroatoms. The van der Waals surface area contributed by atoms with Crippen molar-refractivity contribution in [2.24, 2.45) is 0 Å². The van der Waals surface area contributed by atoms with Crippen LogP contribution < -0.4 is 0 Å². The van der Waals surface area contributed by atoms with Gasteiger partial charge in [-0.15, -0.1) is 11.3 Å². The van der Waals surface area contributed by atoms with Crippen molar-refractivity contribution in [1.82, 2.24) is 0 Å². The highest BCUT2D eigenvalue weighted by atomic mass is 32.1. The van der Waals surface area contributed by atoms with E-state index in [1.807, 2.05) is 11.3 Å². The van der Waals surface area contributed by atoms with Gasteiger partial charge in [0.2, 0.25) is 0 Å². The summed E-state index contributed by atoms with van der Waals surface area (Å²) in [6, 6.07) is 52.3. The molecule has 0 spiro atoms. The summed E-state index contributed by atoms with van der Waals surface area (Å²) in [5, 5.41) is 8.56. The minimum absolute atomic E-state index is 0.922. The molecule has 9 rings (SSSR count). The third-order valence-corrected chi connectivity index (χ3v) is 9.67. The van der Waals surface area contributed by atoms with E-state index in [9.17, 15) is 0 Å². The summed E-state index contributed by atoms with van der Waals surface area (Å²) in [6.07, 6.45) is 0. The Balaban J connectivity index is 1.47. The molecule has 0 saturated carbocycles. The third-order valence-electron chi connectivity index (χ3n) is 8.45. The first-order valence-corrected chi connectivity index (χ1v) is 15.1. The molecular weight excluding hydrogens is 529 g/mol. The second-order valence-corrected chi connectivity index (χ2v) is 11.9. The van der Waals surface area contributed by atoms with Crippen molar-refractivity contribution >= 4 is 64.9 Å². The number of fused-ring (bicyclic) bond motifs is 7. The third kappa shape index (κ3) is 3.43. The number of para-hydroxylation sites is 1. The van der Waals surface area contributed by atoms with Crippen LogP contribution in [0.3, 0.4) is 0 Å². The zero-order valence-corrected chi connectivity index (χ0v) is 23.5. The highest BCUT2D eigenvalue weighted by Crippen LogP contribution is 2.50. The van der Waals surface area contributed by atoms with Crippen molar-refractivity contribution < 1.29 is 4.42 Å². The predicted molar refractivity (Wildman–Crippen MR) is 180 cm³/mol. The monoisotopic (exact) mass is 552 g/mol. The minimum Gasteiger partial charge on any atom is -0.455 e. The lowest BCUT2D eigenvalue weighted by molar-refractivity contribution is 0.670. The second-order valence-electron chi connectivity index (χ2n) is 10.8. The molecular formula is C40H24OS. The van der Waals surface area contributed by atoms with E-state index in [2.05, 4.69) is 146 Å². The number of hydrogen-bond donors (Lipinski definition) is 0. The van der Waals surface area contributed by atoms with Gasteiger partial charge in [-0.1, -0.05) is 127 Å². The maximum absolute atomic E-state index is 6.78. The molecule has 7 aromatic carbocycles. The summed E-state index contributed by atoms with van der Waals surface area (Å²) in [7, 11) is 0. The van der Waals surface area contributed by atoms with E-state index < -0.39 is 0 Å². The molecule has 2 heterocycles. The van der Waals surface area contributed by atoms with E-state index in [1.54, 1.807) is 0 Å². The molecule has 0 atom stereocenters. The van der Waals surface area contributed by atoms with Gasteiger partial charge in [-0.25, -0.2) is 0 Å². The van der Waals surface area contributed by atoms with Gasteiger partial charge in [0.05, 0.1) is 0 Å². The Morgan fingerprint density at radius 3 is 1.62 bits per heavy atom. The van der Waals surface area contributed by atoms with Crippen molar-refractivity contribution in [2.75, 3.05) is 0 Å². The van der Waals surface area contributed by atoms with Crippen LogP contribution in [0.2, 0.25) is 0 Å². The number of benzene rings is 7. The van der Waals surface area contributed by atoms with Gasteiger partial charge in [0.1, 0.15) is 11.2 Å². The zero-order chi connectivity index (χ0) is 27.6. The van der Waals surface area contributed by atoms with Crippen LogP contribution >= 0.6 is 11.3 Å². The van der Waals surface area contributed by atoms with E-state index in [0.29, 0.717) is 0 Å². The molecule has 196 valence electrons. The van der Waals surface area contributed by atoms with E-state index in [0.717, 1.165) is 22.1 Å². The molecule has 0 unspecified atom stereocenters. The van der Waals surface area contributed by atoms with Crippen LogP contribution in [0.4, 0.5) is 0 Å². The van der Waals surface area contributed by atoms with Gasteiger partial charge in [-0.2, -0.15) is 0 Å². The lowest BCUT2D eigenvalue weighted by Crippen LogP contribution is -1.91. The van der Waals surface area contributed by atoms with Crippen molar-refractivity contribution in [3.8, 4) is 32.7 Å². The summed E-state index contributed by atoms with van der Waals surface area (Å²) in [6.45, 7) is 0. The summed E-state index contributed by atoms with van der Waals surface area (Å²) in [4.78, 5) is 1.27. The molecule has 0 saturated heterocycles. The maximum atomic E-state index is 6.78. The Hall–Kier alpha value is -5.18. The first-order chi connectivity index (χ1) is 20.8. The number of rotatable bonds is 3. The van der Waals surface area contributed by atoms with Gasteiger partial charge >= 0.3 is 0 Å². The molecule has 0 N–H and O–H groups in total. The van der Waals surface area contributed by atoms with Crippen LogP contribution in [0.1, 0.15) is 0 Å². The van der Waals surface area contributed by atoms with Crippen LogP contribution in [-0.4, -0.2) is 0 Å². The zero-order valence-electron chi connectivity index (χ0n) is 22.7. The fraction of sp³-hybridized carbons (Fsp3) is 0. The first kappa shape index (κ1) is 23.5. The van der Waals surface area contributed by atoms with Crippen molar-refractivity contribution in [1.29, 1.82) is 0 Å². The summed E-state index contributed by atoms with van der Waals surface area (Å²) in [5.74, 6) is 0. The van der Waals surface area contributed by atoms with Gasteiger partial charge in [-0.3, -0.25) is 0 Å². The van der Waals surface area contributed by atoms with Crippen molar-refractivity contribution in [3.05, 3.63) is 146 Å². The van der Waals surface area contributed by atoms with E-state index in [-0.39, 0.29) is 0 Å². The second kappa shape index (κ2) is 9.17. The minimum atomic E-state index is 0.922. The van der Waals surface area contributed by atoms with Crippen LogP contribution in [0, 0.1) is 0 Å². The van der Waals surface area contributed by atoms with Crippen LogP contribution in [0.15, 0.2) is 150 Å². The Labute approximate surface area is 246 Å². The summed E-state index contributed by atoms with van der Waals surface area (Å²) in [5.41, 5.74) is 7.97. The fourth-order valence-electron chi connectivity index (χ4n) is 6.65. The Bertz CT molecular complexity index is 2390. The highest BCUT2D eigenvalue weighted by molar-refractivity contribution is 7.23. The maximum Gasteiger partial charge on any atom is 0.144 e. The fourth-order valence-corrected chi connectivity index (χ4v) is 7.85. The van der Waals surface area contributed by atoms with E-state index in [4.69, 9.17) is 4.42 Å². The number of hydrogen-bond acceptors (Lipinski definition) is 2. The van der Waals surface area contributed by atoms with Gasteiger partial charge < -0.3 is 4.42 Å². The molecule has 9 aromatic rings. The Morgan fingerprint density at radius 2 is 0.976 bits per heavy atom. The molecule has 42 heavy (non-hydrogen) atoms. The standard InChI is InChI=1S/C40H24OS/c1-3-13-25(14-4-1)35-24-27-23-33(39-38(40(27)42-35)32-21-11-12-22-34(32)41-39)37-30-19-9-7-17-28(30)36(26-15-5-2-6-16-26)29-18-8-10-20-31(29)37/h1-24H. The molecule has 0 radical (unpaired) electrons. The highest BCUT2D eigenvalue weighted by Gasteiger charge is 2.23. The molecule has 1 nitrogen and oxygen atoms in total. The number of thiophene rings is 1. The van der Waals surface area contributed by atoms with E-state index >= 15 is 0 Å². The molecule has 0 fully saturated rings. The smallest absolute Gasteiger partial charge is 0.144 e. The first-order valence-electron chi connectivity index (χ1n) is 14.3. The van der Waals surface area contributed by atoms with Gasteiger partial charge in [0.25, 0.3) is 0 Å². The van der Waals surface area contributed by atoms with Crippen LogP contribution in [0.5, 0.6) is 0 Å². The molecule has 0 amide bonds. The average molecular weight is 553 g/mol. The van der Waals surface area contributed by atoms with Crippen molar-refractivity contribution in [2.45, 2.75) is 0 Å². The quantitative estimate of drug-likeness (QED) is 0.199. The van der Waals surface area contributed by atoms with Crippen molar-refractivity contribution in [3.63, 3.8) is 0 Å². The lowest BCUT2D eigenvalue weighted by atomic mass is 9.85. The normalized spacial score (nSPS) is 11.8. The van der Waals surface area contributed by atoms with Crippen LogP contribution in [0.25, 0.3) is 86.3 Å². The topological polar surface area (TPSA) is 13.1 Å². The average Bonchev–Trinajstić information content (AvgIpc) is 3.66. The molecule has 0 bridgehead atoms. The molecule has 0 aliphatic rings. The van der Waals surface area contributed by atoms with Gasteiger partial charge in [0.15, 0.2) is 0 Å². The van der Waals surface area contributed by atoms with Gasteiger partial charge in [-0.05, 0) is 61.8 Å². The Kier molecular flexibility index (Phi) is 5.13. The Morgan fingerprint density at radius 1 is 0.452 bits per heavy atom. The lowest BCUT2D eigenvalue weighted by Gasteiger charge is -2.18. The van der Waals surface area contributed by atoms with E-state index in [1.165, 1.54) is 64.1 Å². The largest absolute Gasteiger partial charge is 0.455 e. The molecule has 0 aliphatic heterocycles. The van der Waals surface area contributed by atoms with Gasteiger partial charge in [0, 0.05) is 31.5 Å². The van der Waals surface area contributed by atoms with Crippen LogP contribution in [-0.2, 0) is 0 Å². The molecule has 0 aliphatic carbocycles. The number of furan rings is 1. The summed E-state index contributed by atoms with van der Waals surface area (Å²) >= 11 is 1.85.